The number of nitrogens with one attached hydrogen (secondary N) is 1. The molecule has 0 bridgehead atoms. The molecule has 2 aromatic rings. The maximum atomic E-state index is 12.7. The van der Waals surface area contributed by atoms with E-state index < -0.39 is 15.9 Å². The molecule has 3 rings (SSSR count). The average molecular weight is 427 g/mol. The van der Waals surface area contributed by atoms with E-state index in [0.717, 1.165) is 12.8 Å². The van der Waals surface area contributed by atoms with Crippen molar-refractivity contribution in [2.24, 2.45) is 0 Å². The quantitative estimate of drug-likeness (QED) is 0.752. The van der Waals surface area contributed by atoms with Crippen LogP contribution in [0, 0.1) is 6.92 Å². The smallest absolute Gasteiger partial charge is 0.291 e. The van der Waals surface area contributed by atoms with Crippen LogP contribution in [0.5, 0.6) is 5.75 Å². The van der Waals surface area contributed by atoms with Gasteiger partial charge in [0.1, 0.15) is 16.4 Å². The summed E-state index contributed by atoms with van der Waals surface area (Å²) in [5.41, 5.74) is 0.448. The summed E-state index contributed by atoms with van der Waals surface area (Å²) in [5.74, 6) is 0.0757. The van der Waals surface area contributed by atoms with Crippen LogP contribution < -0.4 is 10.1 Å². The van der Waals surface area contributed by atoms with E-state index in [-0.39, 0.29) is 22.5 Å². The molecular weight excluding hydrogens is 404 g/mol. The Morgan fingerprint density at radius 2 is 1.93 bits per heavy atom. The lowest BCUT2D eigenvalue weighted by molar-refractivity contribution is 0.0995. The minimum atomic E-state index is -3.66. The number of aryl methyl sites for hydroxylation is 1. The summed E-state index contributed by atoms with van der Waals surface area (Å²) in [5, 5.41) is 3.02. The Morgan fingerprint density at radius 3 is 2.54 bits per heavy atom. The Kier molecular flexibility index (Phi) is 6.02. The second-order valence-corrected chi connectivity index (χ2v) is 9.22. The van der Waals surface area contributed by atoms with Crippen LogP contribution in [0.1, 0.15) is 43.0 Å². The van der Waals surface area contributed by atoms with Gasteiger partial charge in [-0.25, -0.2) is 8.42 Å². The lowest BCUT2D eigenvalue weighted by atomic mass is 10.3. The van der Waals surface area contributed by atoms with Crippen molar-refractivity contribution in [1.29, 1.82) is 0 Å². The Bertz CT molecular complexity index is 978. The summed E-state index contributed by atoms with van der Waals surface area (Å²) < 4.78 is 37.8. The molecule has 1 aliphatic heterocycles. The van der Waals surface area contributed by atoms with Gasteiger partial charge in [0, 0.05) is 24.8 Å². The Balaban J connectivity index is 1.78. The zero-order valence-corrected chi connectivity index (χ0v) is 17.6. The van der Waals surface area contributed by atoms with Gasteiger partial charge in [-0.05, 0) is 51.8 Å². The third-order valence-electron chi connectivity index (χ3n) is 4.33. The van der Waals surface area contributed by atoms with Crippen molar-refractivity contribution >= 4 is 33.2 Å². The molecule has 1 amide bonds. The number of furan rings is 1. The van der Waals surface area contributed by atoms with E-state index >= 15 is 0 Å². The van der Waals surface area contributed by atoms with Crippen LogP contribution in [-0.2, 0) is 10.0 Å². The summed E-state index contributed by atoms with van der Waals surface area (Å²) >= 11 is 6.18. The van der Waals surface area contributed by atoms with Gasteiger partial charge >= 0.3 is 0 Å². The molecule has 1 saturated heterocycles. The van der Waals surface area contributed by atoms with E-state index in [4.69, 9.17) is 20.8 Å². The molecule has 152 valence electrons. The number of hydrogen-bond donors (Lipinski definition) is 1. The molecule has 0 aliphatic carbocycles. The van der Waals surface area contributed by atoms with Crippen molar-refractivity contribution in [3.8, 4) is 5.75 Å². The molecule has 9 heteroatoms. The monoisotopic (exact) mass is 426 g/mol. The predicted octanol–water partition coefficient (Wildman–Crippen LogP) is 4.07. The highest BCUT2D eigenvalue weighted by Gasteiger charge is 2.31. The van der Waals surface area contributed by atoms with Crippen LogP contribution in [-0.4, -0.2) is 37.8 Å². The number of carbonyl (C=O) groups is 1. The van der Waals surface area contributed by atoms with E-state index in [1.807, 2.05) is 13.8 Å². The maximum Gasteiger partial charge on any atom is 0.291 e. The summed E-state index contributed by atoms with van der Waals surface area (Å²) in [7, 11) is -3.66. The number of sulfonamides is 1. The molecule has 0 spiro atoms. The number of hydrogen-bond acceptors (Lipinski definition) is 5. The maximum absolute atomic E-state index is 12.7. The third kappa shape index (κ3) is 4.34. The average Bonchev–Trinajstić information content (AvgIpc) is 3.27. The van der Waals surface area contributed by atoms with Crippen LogP contribution in [0.25, 0.3) is 0 Å². The van der Waals surface area contributed by atoms with E-state index in [1.54, 1.807) is 18.2 Å². The van der Waals surface area contributed by atoms with E-state index in [1.165, 1.54) is 17.3 Å². The lowest BCUT2D eigenvalue weighted by Crippen LogP contribution is -2.28. The van der Waals surface area contributed by atoms with Gasteiger partial charge in [-0.3, -0.25) is 4.79 Å². The first-order valence-electron chi connectivity index (χ1n) is 9.06. The van der Waals surface area contributed by atoms with Gasteiger partial charge in [0.15, 0.2) is 5.76 Å². The molecular formula is C19H23ClN2O5S. The molecule has 1 aliphatic rings. The number of carbonyl (C=O) groups excluding carboxylic acids is 1. The molecule has 0 saturated carbocycles. The SMILES string of the molecule is Cc1oc(C(=O)Nc2ccc(OC(C)C)c(Cl)c2)cc1S(=O)(=O)N1CCCC1. The van der Waals surface area contributed by atoms with Crippen molar-refractivity contribution in [2.75, 3.05) is 18.4 Å². The zero-order valence-electron chi connectivity index (χ0n) is 16.0. The highest BCUT2D eigenvalue weighted by atomic mass is 35.5. The van der Waals surface area contributed by atoms with Gasteiger partial charge < -0.3 is 14.5 Å². The van der Waals surface area contributed by atoms with Gasteiger partial charge in [0.25, 0.3) is 5.91 Å². The summed E-state index contributed by atoms with van der Waals surface area (Å²) in [6, 6.07) is 6.15. The molecule has 0 radical (unpaired) electrons. The summed E-state index contributed by atoms with van der Waals surface area (Å²) in [6.45, 7) is 6.28. The topological polar surface area (TPSA) is 88.8 Å². The number of nitrogens with zero attached hydrogens (tertiary/aromatic N) is 1. The Labute approximate surface area is 169 Å². The first kappa shape index (κ1) is 20.7. The first-order valence-corrected chi connectivity index (χ1v) is 10.9. The van der Waals surface area contributed by atoms with Crippen molar-refractivity contribution in [1.82, 2.24) is 4.31 Å². The van der Waals surface area contributed by atoms with Gasteiger partial charge in [-0.15, -0.1) is 0 Å². The number of anilines is 1. The molecule has 28 heavy (non-hydrogen) atoms. The fourth-order valence-electron chi connectivity index (χ4n) is 3.02. The van der Waals surface area contributed by atoms with E-state index in [2.05, 4.69) is 5.32 Å². The van der Waals surface area contributed by atoms with E-state index in [9.17, 15) is 13.2 Å². The Hall–Kier alpha value is -2.03. The summed E-state index contributed by atoms with van der Waals surface area (Å²) in [6.07, 6.45) is 1.64. The second kappa shape index (κ2) is 8.14. The number of ether oxygens (including phenoxy) is 1. The molecule has 1 N–H and O–H groups in total. The van der Waals surface area contributed by atoms with Crippen LogP contribution >= 0.6 is 11.6 Å². The highest BCUT2D eigenvalue weighted by molar-refractivity contribution is 7.89. The molecule has 0 atom stereocenters. The zero-order chi connectivity index (χ0) is 20.5. The predicted molar refractivity (Wildman–Crippen MR) is 107 cm³/mol. The number of rotatable bonds is 6. The van der Waals surface area contributed by atoms with Gasteiger partial charge in [-0.1, -0.05) is 11.6 Å². The van der Waals surface area contributed by atoms with Crippen molar-refractivity contribution in [3.05, 3.63) is 40.8 Å². The molecule has 1 fully saturated rings. The van der Waals surface area contributed by atoms with Gasteiger partial charge in [-0.2, -0.15) is 4.31 Å². The normalized spacial score (nSPS) is 15.2. The van der Waals surface area contributed by atoms with Crippen LogP contribution in [0.4, 0.5) is 5.69 Å². The summed E-state index contributed by atoms with van der Waals surface area (Å²) in [4.78, 5) is 12.5. The number of halogens is 1. The molecule has 1 aromatic carbocycles. The number of amides is 1. The van der Waals surface area contributed by atoms with Crippen LogP contribution in [0.15, 0.2) is 33.6 Å². The van der Waals surface area contributed by atoms with Gasteiger partial charge in [0.05, 0.1) is 11.1 Å². The minimum Gasteiger partial charge on any atom is -0.489 e. The van der Waals surface area contributed by atoms with Gasteiger partial charge in [0.2, 0.25) is 10.0 Å². The third-order valence-corrected chi connectivity index (χ3v) is 6.63. The molecule has 2 heterocycles. The lowest BCUT2D eigenvalue weighted by Gasteiger charge is -2.14. The second-order valence-electron chi connectivity index (χ2n) is 6.91. The fraction of sp³-hybridized carbons (Fsp3) is 0.421. The fourth-order valence-corrected chi connectivity index (χ4v) is 4.92. The van der Waals surface area contributed by atoms with Crippen LogP contribution in [0.3, 0.4) is 0 Å². The largest absolute Gasteiger partial charge is 0.489 e. The Morgan fingerprint density at radius 1 is 1.25 bits per heavy atom. The highest BCUT2D eigenvalue weighted by Crippen LogP contribution is 2.30. The van der Waals surface area contributed by atoms with Crippen molar-refractivity contribution in [3.63, 3.8) is 0 Å². The van der Waals surface area contributed by atoms with E-state index in [0.29, 0.717) is 29.5 Å². The van der Waals surface area contributed by atoms with Crippen molar-refractivity contribution < 1.29 is 22.4 Å². The van der Waals surface area contributed by atoms with Crippen molar-refractivity contribution in [2.45, 2.75) is 44.6 Å². The minimum absolute atomic E-state index is 0.0262. The molecule has 0 unspecified atom stereocenters. The van der Waals surface area contributed by atoms with Crippen LogP contribution in [0.2, 0.25) is 5.02 Å². The molecule has 1 aromatic heterocycles. The molecule has 7 nitrogen and oxygen atoms in total. The standard InChI is InChI=1S/C19H23ClN2O5S/c1-12(2)26-16-7-6-14(10-15(16)20)21-19(23)17-11-18(13(3)27-17)28(24,25)22-8-4-5-9-22/h6-7,10-12H,4-5,8-9H2,1-3H3,(H,21,23). The number of benzene rings is 1. The first-order chi connectivity index (χ1) is 13.2.